The van der Waals surface area contributed by atoms with Crippen LogP contribution in [-0.2, 0) is 18.4 Å². The predicted octanol–water partition coefficient (Wildman–Crippen LogP) is 1.69. The summed E-state index contributed by atoms with van der Waals surface area (Å²) in [6.45, 7) is -0.0572. The number of ether oxygens (including phenoxy) is 1. The van der Waals surface area contributed by atoms with Crippen LogP contribution in [0.5, 0.6) is 5.75 Å². The molecule has 1 amide bonds. The van der Waals surface area contributed by atoms with E-state index < -0.39 is 12.6 Å². The summed E-state index contributed by atoms with van der Waals surface area (Å²) in [6.07, 6.45) is 3.81. The largest absolute Gasteiger partial charge is 0.482 e. The Bertz CT molecular complexity index is 765. The van der Waals surface area contributed by atoms with Crippen LogP contribution in [0.3, 0.4) is 0 Å². The van der Waals surface area contributed by atoms with Crippen molar-refractivity contribution in [3.8, 4) is 5.75 Å². The first-order chi connectivity index (χ1) is 11.5. The molecule has 1 heterocycles. The molecule has 1 aliphatic rings. The molecule has 1 fully saturated rings. The van der Waals surface area contributed by atoms with Gasteiger partial charge in [0.15, 0.2) is 6.61 Å². The van der Waals surface area contributed by atoms with Crippen molar-refractivity contribution in [3.05, 3.63) is 47.3 Å². The van der Waals surface area contributed by atoms with Gasteiger partial charge in [0.25, 0.3) is 5.91 Å². The monoisotopic (exact) mass is 329 g/mol. The first-order valence-electron chi connectivity index (χ1n) is 7.78. The van der Waals surface area contributed by atoms with Gasteiger partial charge in [0, 0.05) is 19.5 Å². The van der Waals surface area contributed by atoms with Crippen LogP contribution >= 0.6 is 0 Å². The van der Waals surface area contributed by atoms with E-state index in [1.807, 2.05) is 13.1 Å². The lowest BCUT2D eigenvalue weighted by molar-refractivity contribution is -0.139. The average Bonchev–Trinajstić information content (AvgIpc) is 3.33. The first-order valence-corrected chi connectivity index (χ1v) is 7.78. The van der Waals surface area contributed by atoms with E-state index in [0.717, 1.165) is 24.1 Å². The number of aromatic nitrogens is 2. The van der Waals surface area contributed by atoms with Gasteiger partial charge in [0.1, 0.15) is 5.75 Å². The lowest BCUT2D eigenvalue weighted by atomic mass is 10.1. The molecule has 0 spiro atoms. The van der Waals surface area contributed by atoms with Crippen LogP contribution in [0.2, 0.25) is 0 Å². The molecule has 24 heavy (non-hydrogen) atoms. The molecule has 7 heteroatoms. The number of hydrogen-bond donors (Lipinski definition) is 2. The summed E-state index contributed by atoms with van der Waals surface area (Å²) >= 11 is 0. The van der Waals surface area contributed by atoms with Crippen molar-refractivity contribution in [2.24, 2.45) is 7.05 Å². The van der Waals surface area contributed by atoms with Gasteiger partial charge in [-0.1, -0.05) is 12.1 Å². The Morgan fingerprint density at radius 1 is 1.42 bits per heavy atom. The summed E-state index contributed by atoms with van der Waals surface area (Å²) in [7, 11) is 1.85. The topological polar surface area (TPSA) is 93.5 Å². The highest BCUT2D eigenvalue weighted by Crippen LogP contribution is 2.41. The fourth-order valence-electron chi connectivity index (χ4n) is 2.63. The Kier molecular flexibility index (Phi) is 4.50. The van der Waals surface area contributed by atoms with E-state index >= 15 is 0 Å². The minimum atomic E-state index is -1.03. The molecule has 2 N–H and O–H groups in total. The molecule has 3 rings (SSSR count). The number of carboxylic acid groups (broad SMARTS) is 1. The maximum atomic E-state index is 12.4. The Balaban J connectivity index is 1.62. The zero-order valence-corrected chi connectivity index (χ0v) is 13.4. The molecule has 0 saturated heterocycles. The molecule has 0 unspecified atom stereocenters. The highest BCUT2D eigenvalue weighted by molar-refractivity contribution is 5.95. The van der Waals surface area contributed by atoms with Crippen molar-refractivity contribution in [2.45, 2.75) is 25.3 Å². The van der Waals surface area contributed by atoms with E-state index in [1.165, 1.54) is 0 Å². The average molecular weight is 329 g/mol. The lowest BCUT2D eigenvalue weighted by Gasteiger charge is -2.08. The number of carbonyl (C=O) groups excluding carboxylic acids is 1. The highest BCUT2D eigenvalue weighted by Gasteiger charge is 2.31. The molecule has 1 aromatic heterocycles. The van der Waals surface area contributed by atoms with Crippen LogP contribution in [-0.4, -0.2) is 33.4 Å². The second kappa shape index (κ2) is 6.74. The van der Waals surface area contributed by atoms with Gasteiger partial charge in [-0.05, 0) is 30.5 Å². The van der Waals surface area contributed by atoms with Crippen LogP contribution in [0.4, 0.5) is 0 Å². The van der Waals surface area contributed by atoms with Gasteiger partial charge >= 0.3 is 5.97 Å². The number of carbonyl (C=O) groups is 2. The second-order valence-electron chi connectivity index (χ2n) is 5.85. The number of amides is 1. The van der Waals surface area contributed by atoms with Crippen LogP contribution in [0.1, 0.15) is 40.4 Å². The van der Waals surface area contributed by atoms with E-state index in [4.69, 9.17) is 9.84 Å². The molecule has 7 nitrogen and oxygen atoms in total. The zero-order chi connectivity index (χ0) is 17.1. The van der Waals surface area contributed by atoms with Crippen molar-refractivity contribution in [1.82, 2.24) is 15.1 Å². The lowest BCUT2D eigenvalue weighted by Crippen LogP contribution is -2.23. The Labute approximate surface area is 139 Å². The van der Waals surface area contributed by atoms with Crippen molar-refractivity contribution >= 4 is 11.9 Å². The van der Waals surface area contributed by atoms with E-state index in [2.05, 4.69) is 10.4 Å². The third kappa shape index (κ3) is 3.73. The van der Waals surface area contributed by atoms with E-state index in [-0.39, 0.29) is 5.91 Å². The molecule has 0 aliphatic heterocycles. The van der Waals surface area contributed by atoms with Gasteiger partial charge in [-0.25, -0.2) is 4.79 Å². The van der Waals surface area contributed by atoms with Crippen molar-refractivity contribution in [1.29, 1.82) is 0 Å². The van der Waals surface area contributed by atoms with Gasteiger partial charge in [-0.15, -0.1) is 0 Å². The van der Waals surface area contributed by atoms with Gasteiger partial charge < -0.3 is 15.2 Å². The van der Waals surface area contributed by atoms with E-state index in [1.54, 1.807) is 29.1 Å². The number of benzene rings is 1. The van der Waals surface area contributed by atoms with Crippen LogP contribution < -0.4 is 10.1 Å². The molecule has 1 saturated carbocycles. The van der Waals surface area contributed by atoms with Gasteiger partial charge in [0.2, 0.25) is 0 Å². The fourth-order valence-corrected chi connectivity index (χ4v) is 2.63. The van der Waals surface area contributed by atoms with Crippen molar-refractivity contribution in [3.63, 3.8) is 0 Å². The Morgan fingerprint density at radius 3 is 2.92 bits per heavy atom. The first kappa shape index (κ1) is 16.0. The molecule has 0 atom stereocenters. The van der Waals surface area contributed by atoms with Gasteiger partial charge in [-0.3, -0.25) is 9.48 Å². The Morgan fingerprint density at radius 2 is 2.21 bits per heavy atom. The molecule has 1 aromatic carbocycles. The second-order valence-corrected chi connectivity index (χ2v) is 5.85. The van der Waals surface area contributed by atoms with Gasteiger partial charge in [-0.2, -0.15) is 5.10 Å². The fraction of sp³-hybridized carbons (Fsp3) is 0.353. The number of aryl methyl sites for hydroxylation is 1. The Hall–Kier alpha value is -2.83. The summed E-state index contributed by atoms with van der Waals surface area (Å²) in [6, 6.07) is 7.01. The van der Waals surface area contributed by atoms with Crippen LogP contribution in [0, 0.1) is 0 Å². The highest BCUT2D eigenvalue weighted by atomic mass is 16.5. The maximum Gasteiger partial charge on any atom is 0.341 e. The maximum absolute atomic E-state index is 12.4. The predicted molar refractivity (Wildman–Crippen MR) is 85.9 cm³/mol. The third-order valence-corrected chi connectivity index (χ3v) is 3.91. The van der Waals surface area contributed by atoms with Crippen molar-refractivity contribution in [2.75, 3.05) is 6.61 Å². The quantitative estimate of drug-likeness (QED) is 0.806. The molecular formula is C17H19N3O4. The summed E-state index contributed by atoms with van der Waals surface area (Å²) < 4.78 is 6.91. The van der Waals surface area contributed by atoms with E-state index in [0.29, 0.717) is 23.8 Å². The number of nitrogens with one attached hydrogen (secondary N) is 1. The number of aliphatic carboxylic acids is 1. The molecule has 1 aliphatic carbocycles. The third-order valence-electron chi connectivity index (χ3n) is 3.91. The van der Waals surface area contributed by atoms with Gasteiger partial charge in [0.05, 0.1) is 17.5 Å². The normalized spacial score (nSPS) is 13.5. The minimum Gasteiger partial charge on any atom is -0.482 e. The molecular weight excluding hydrogens is 310 g/mol. The summed E-state index contributed by atoms with van der Waals surface area (Å²) in [5, 5.41) is 15.7. The molecule has 2 aromatic rings. The number of hydrogen-bond acceptors (Lipinski definition) is 4. The molecule has 0 radical (unpaired) electrons. The van der Waals surface area contributed by atoms with Crippen molar-refractivity contribution < 1.29 is 19.4 Å². The molecule has 126 valence electrons. The number of carboxylic acids is 1. The summed E-state index contributed by atoms with van der Waals surface area (Å²) in [5.74, 6) is -0.282. The summed E-state index contributed by atoms with van der Waals surface area (Å²) in [4.78, 5) is 22.9. The SMILES string of the molecule is Cn1ncc(C(=O)NCc2cccc(OCC(=O)O)c2)c1C1CC1. The minimum absolute atomic E-state index is 0.151. The van der Waals surface area contributed by atoms with Crippen LogP contribution in [0.15, 0.2) is 30.5 Å². The number of nitrogens with zero attached hydrogens (tertiary/aromatic N) is 2. The number of rotatable bonds is 7. The van der Waals surface area contributed by atoms with Crippen LogP contribution in [0.25, 0.3) is 0 Å². The summed E-state index contributed by atoms with van der Waals surface area (Å²) in [5.41, 5.74) is 2.45. The zero-order valence-electron chi connectivity index (χ0n) is 13.4. The van der Waals surface area contributed by atoms with E-state index in [9.17, 15) is 9.59 Å². The standard InChI is InChI=1S/C17H19N3O4/c1-20-16(12-5-6-12)14(9-19-20)17(23)18-8-11-3-2-4-13(7-11)24-10-15(21)22/h2-4,7,9,12H,5-6,8,10H2,1H3,(H,18,23)(H,21,22). The molecule has 0 bridgehead atoms. The smallest absolute Gasteiger partial charge is 0.341 e.